The first-order valence-electron chi connectivity index (χ1n) is 4.00. The van der Waals surface area contributed by atoms with Gasteiger partial charge in [-0.1, -0.05) is 20.3 Å². The second kappa shape index (κ2) is 5.69. The summed E-state index contributed by atoms with van der Waals surface area (Å²) in [6.45, 7) is 7.08. The topological polar surface area (TPSA) is 32.3 Å². The summed E-state index contributed by atoms with van der Waals surface area (Å²) in [5.41, 5.74) is 0. The molecule has 2 heteroatoms. The highest BCUT2D eigenvalue weighted by Crippen LogP contribution is 2.17. The molecule has 1 aliphatic heterocycles. The van der Waals surface area contributed by atoms with Gasteiger partial charge in [-0.2, -0.15) is 0 Å². The van der Waals surface area contributed by atoms with E-state index < -0.39 is 0 Å². The summed E-state index contributed by atoms with van der Waals surface area (Å²) in [4.78, 5) is 0. The molecule has 0 radical (unpaired) electrons. The lowest BCUT2D eigenvalue weighted by Crippen LogP contribution is -2.07. The highest BCUT2D eigenvalue weighted by atomic mass is 16.2. The third kappa shape index (κ3) is 2.67. The van der Waals surface area contributed by atoms with Gasteiger partial charge in [-0.05, 0) is 24.9 Å². The van der Waals surface area contributed by atoms with Crippen LogP contribution >= 0.6 is 0 Å². The van der Waals surface area contributed by atoms with E-state index in [0.29, 0.717) is 0 Å². The summed E-state index contributed by atoms with van der Waals surface area (Å²) in [6.07, 6.45) is 1.34. The molecule has 2 N–H and O–H groups in total. The summed E-state index contributed by atoms with van der Waals surface area (Å²) in [5, 5.41) is 10.4. The van der Waals surface area contributed by atoms with E-state index in [1.807, 2.05) is 0 Å². The Hall–Kier alpha value is -0.0800. The van der Waals surface area contributed by atoms with Crippen molar-refractivity contribution in [2.75, 3.05) is 20.2 Å². The van der Waals surface area contributed by atoms with Crippen molar-refractivity contribution in [2.24, 2.45) is 11.8 Å². The van der Waals surface area contributed by atoms with E-state index in [1.165, 1.54) is 19.5 Å². The third-order valence-corrected chi connectivity index (χ3v) is 2.20. The molecule has 10 heavy (non-hydrogen) atoms. The average Bonchev–Trinajstić information content (AvgIpc) is 2.39. The van der Waals surface area contributed by atoms with Gasteiger partial charge in [-0.25, -0.2) is 0 Å². The van der Waals surface area contributed by atoms with Crippen molar-refractivity contribution in [3.63, 3.8) is 0 Å². The van der Waals surface area contributed by atoms with E-state index in [4.69, 9.17) is 5.11 Å². The fourth-order valence-corrected chi connectivity index (χ4v) is 1.41. The van der Waals surface area contributed by atoms with Crippen LogP contribution in [0.3, 0.4) is 0 Å². The first-order valence-corrected chi connectivity index (χ1v) is 4.00. The first kappa shape index (κ1) is 9.92. The third-order valence-electron chi connectivity index (χ3n) is 2.20. The zero-order chi connectivity index (χ0) is 7.98. The van der Waals surface area contributed by atoms with Crippen LogP contribution in [-0.2, 0) is 0 Å². The molecule has 62 valence electrons. The molecule has 0 amide bonds. The van der Waals surface area contributed by atoms with Crippen LogP contribution in [0, 0.1) is 11.8 Å². The van der Waals surface area contributed by atoms with Crippen LogP contribution in [0.25, 0.3) is 0 Å². The second-order valence-electron chi connectivity index (χ2n) is 2.80. The monoisotopic (exact) mass is 145 g/mol. The van der Waals surface area contributed by atoms with Gasteiger partial charge >= 0.3 is 0 Å². The highest BCUT2D eigenvalue weighted by Gasteiger charge is 2.20. The first-order chi connectivity index (χ1) is 4.84. The minimum absolute atomic E-state index is 0.917. The SMILES string of the molecule is CC[C@H]1CNCC1C.CO. The Morgan fingerprint density at radius 3 is 2.20 bits per heavy atom. The molecular weight excluding hydrogens is 126 g/mol. The molecule has 0 bridgehead atoms. The molecule has 0 spiro atoms. The Balaban J connectivity index is 0.000000371. The fraction of sp³-hybridized carbons (Fsp3) is 1.00. The van der Waals surface area contributed by atoms with Gasteiger partial charge in [0.15, 0.2) is 0 Å². The van der Waals surface area contributed by atoms with Crippen LogP contribution in [0.15, 0.2) is 0 Å². The number of nitrogens with one attached hydrogen (secondary N) is 1. The molecule has 0 aromatic carbocycles. The molecular formula is C8H19NO. The zero-order valence-electron chi connectivity index (χ0n) is 7.22. The number of aliphatic hydroxyl groups is 1. The van der Waals surface area contributed by atoms with Crippen molar-refractivity contribution in [3.8, 4) is 0 Å². The predicted octanol–water partition coefficient (Wildman–Crippen LogP) is 0.860. The fourth-order valence-electron chi connectivity index (χ4n) is 1.41. The molecule has 0 saturated carbocycles. The molecule has 2 nitrogen and oxygen atoms in total. The maximum absolute atomic E-state index is 7.00. The van der Waals surface area contributed by atoms with Crippen LogP contribution in [0.5, 0.6) is 0 Å². The minimum atomic E-state index is 0.917. The van der Waals surface area contributed by atoms with E-state index >= 15 is 0 Å². The van der Waals surface area contributed by atoms with E-state index in [2.05, 4.69) is 19.2 Å². The van der Waals surface area contributed by atoms with Gasteiger partial charge in [0.2, 0.25) is 0 Å². The highest BCUT2D eigenvalue weighted by molar-refractivity contribution is 4.76. The van der Waals surface area contributed by atoms with Crippen LogP contribution in [0.1, 0.15) is 20.3 Å². The molecule has 2 atom stereocenters. The van der Waals surface area contributed by atoms with Gasteiger partial charge in [0, 0.05) is 7.11 Å². The van der Waals surface area contributed by atoms with Gasteiger partial charge in [0.25, 0.3) is 0 Å². The summed E-state index contributed by atoms with van der Waals surface area (Å²) in [5.74, 6) is 1.87. The lowest BCUT2D eigenvalue weighted by molar-refractivity contribution is 0.399. The number of aliphatic hydroxyl groups excluding tert-OH is 1. The smallest absolute Gasteiger partial charge is 0.0319 e. The van der Waals surface area contributed by atoms with E-state index in [1.54, 1.807) is 0 Å². The van der Waals surface area contributed by atoms with E-state index in [0.717, 1.165) is 18.9 Å². The number of hydrogen-bond acceptors (Lipinski definition) is 2. The lowest BCUT2D eigenvalue weighted by atomic mass is 9.96. The van der Waals surface area contributed by atoms with Crippen LogP contribution in [0.2, 0.25) is 0 Å². The summed E-state index contributed by atoms with van der Waals surface area (Å²) >= 11 is 0. The lowest BCUT2D eigenvalue weighted by Gasteiger charge is -2.08. The van der Waals surface area contributed by atoms with Crippen LogP contribution in [-0.4, -0.2) is 25.3 Å². The number of hydrogen-bond donors (Lipinski definition) is 2. The molecule has 1 aliphatic rings. The van der Waals surface area contributed by atoms with Crippen molar-refractivity contribution < 1.29 is 5.11 Å². The Morgan fingerprint density at radius 1 is 1.40 bits per heavy atom. The molecule has 1 unspecified atom stereocenters. The number of rotatable bonds is 1. The van der Waals surface area contributed by atoms with Crippen LogP contribution in [0.4, 0.5) is 0 Å². The maximum Gasteiger partial charge on any atom is 0.0319 e. The van der Waals surface area contributed by atoms with Crippen molar-refractivity contribution >= 4 is 0 Å². The Morgan fingerprint density at radius 2 is 2.00 bits per heavy atom. The summed E-state index contributed by atoms with van der Waals surface area (Å²) in [7, 11) is 1.00. The maximum atomic E-state index is 7.00. The standard InChI is InChI=1S/C7H15N.CH4O/c1-3-7-5-8-4-6(7)2;1-2/h6-8H,3-5H2,1-2H3;2H,1H3/t6?,7-;/m0./s1. The Bertz CT molecular complexity index is 75.7. The van der Waals surface area contributed by atoms with Gasteiger partial charge in [-0.15, -0.1) is 0 Å². The molecule has 1 heterocycles. The molecule has 0 aliphatic carbocycles. The Kier molecular flexibility index (Phi) is 5.64. The van der Waals surface area contributed by atoms with Crippen LogP contribution < -0.4 is 5.32 Å². The predicted molar refractivity (Wildman–Crippen MR) is 44.0 cm³/mol. The van der Waals surface area contributed by atoms with E-state index in [9.17, 15) is 0 Å². The minimum Gasteiger partial charge on any atom is -0.400 e. The summed E-state index contributed by atoms with van der Waals surface area (Å²) in [6, 6.07) is 0. The summed E-state index contributed by atoms with van der Waals surface area (Å²) < 4.78 is 0. The van der Waals surface area contributed by atoms with Crippen molar-refractivity contribution in [2.45, 2.75) is 20.3 Å². The second-order valence-corrected chi connectivity index (χ2v) is 2.80. The van der Waals surface area contributed by atoms with Crippen molar-refractivity contribution in [1.82, 2.24) is 5.32 Å². The average molecular weight is 145 g/mol. The van der Waals surface area contributed by atoms with Gasteiger partial charge < -0.3 is 10.4 Å². The molecule has 1 fully saturated rings. The van der Waals surface area contributed by atoms with Crippen molar-refractivity contribution in [1.29, 1.82) is 0 Å². The van der Waals surface area contributed by atoms with Crippen molar-refractivity contribution in [3.05, 3.63) is 0 Å². The zero-order valence-corrected chi connectivity index (χ0v) is 7.22. The van der Waals surface area contributed by atoms with Gasteiger partial charge in [0.1, 0.15) is 0 Å². The molecule has 1 saturated heterocycles. The molecule has 0 aromatic heterocycles. The van der Waals surface area contributed by atoms with E-state index in [-0.39, 0.29) is 0 Å². The molecule has 0 aromatic rings. The largest absolute Gasteiger partial charge is 0.400 e. The van der Waals surface area contributed by atoms with Gasteiger partial charge in [0.05, 0.1) is 0 Å². The normalized spacial score (nSPS) is 31.2. The molecule has 1 rings (SSSR count). The quantitative estimate of drug-likeness (QED) is 0.573. The van der Waals surface area contributed by atoms with Gasteiger partial charge in [-0.3, -0.25) is 0 Å². The Labute approximate surface area is 63.6 Å².